The highest BCUT2D eigenvalue weighted by molar-refractivity contribution is 5.81. The molecule has 0 aromatic heterocycles. The molecule has 2 aliphatic carbocycles. The summed E-state index contributed by atoms with van der Waals surface area (Å²) in [5, 5.41) is 3.71. The van der Waals surface area contributed by atoms with Crippen LogP contribution >= 0.6 is 0 Å². The van der Waals surface area contributed by atoms with E-state index in [9.17, 15) is 14.4 Å². The van der Waals surface area contributed by atoms with Gasteiger partial charge in [0.25, 0.3) is 0 Å². The SMILES string of the molecule is CC(C)(C)OC(=O)N1CCC(=O)CC1.CC(C)(C)OC(=O)N1CCC(N[C@H]2CCCC[C@@H]2N)CC1.N[C@H]1CCCC[C@@H]1N. The minimum Gasteiger partial charge on any atom is -0.444 e. The van der Waals surface area contributed by atoms with Crippen molar-refractivity contribution in [2.24, 2.45) is 17.2 Å². The van der Waals surface area contributed by atoms with E-state index in [-0.39, 0.29) is 30.1 Å². The van der Waals surface area contributed by atoms with E-state index in [2.05, 4.69) is 5.32 Å². The lowest BCUT2D eigenvalue weighted by molar-refractivity contribution is -0.121. The van der Waals surface area contributed by atoms with Gasteiger partial charge >= 0.3 is 12.2 Å². The number of hydrogen-bond acceptors (Lipinski definition) is 9. The van der Waals surface area contributed by atoms with E-state index in [1.807, 2.05) is 46.4 Å². The van der Waals surface area contributed by atoms with Gasteiger partial charge in [0.05, 0.1) is 0 Å². The van der Waals surface area contributed by atoms with Gasteiger partial charge in [-0.25, -0.2) is 9.59 Å². The minimum atomic E-state index is -0.460. The number of nitrogens with two attached hydrogens (primary N) is 3. The summed E-state index contributed by atoms with van der Waals surface area (Å²) in [4.78, 5) is 37.9. The van der Waals surface area contributed by atoms with Gasteiger partial charge in [-0.15, -0.1) is 0 Å². The molecular formula is C32H62N6O5. The standard InChI is InChI=1S/C16H31N3O2.C10H17NO3.C6H14N2/c1-16(2,3)21-15(20)19-10-8-12(9-11-19)18-14-7-5-4-6-13(14)17;1-10(2,3)14-9(13)11-6-4-8(12)5-7-11;7-5-3-1-2-4-6(5)8/h12-14,18H,4-11,17H2,1-3H3;4-7H2,1-3H3;5-6H,1-4,7-8H2/t13-,14-;;5-,6-/m0.0/s1. The van der Waals surface area contributed by atoms with Crippen LogP contribution in [-0.2, 0) is 14.3 Å². The molecule has 7 N–H and O–H groups in total. The highest BCUT2D eigenvalue weighted by Crippen LogP contribution is 2.21. The largest absolute Gasteiger partial charge is 0.444 e. The molecule has 0 spiro atoms. The summed E-state index contributed by atoms with van der Waals surface area (Å²) in [7, 11) is 0. The molecule has 0 radical (unpaired) electrons. The third-order valence-corrected chi connectivity index (χ3v) is 8.26. The molecule has 11 nitrogen and oxygen atoms in total. The molecule has 0 aromatic rings. The molecule has 2 amide bonds. The summed E-state index contributed by atoms with van der Waals surface area (Å²) in [6.07, 6.45) is 12.1. The zero-order valence-electron chi connectivity index (χ0n) is 27.9. The van der Waals surface area contributed by atoms with Crippen molar-refractivity contribution in [2.75, 3.05) is 26.2 Å². The molecule has 43 heavy (non-hydrogen) atoms. The lowest BCUT2D eigenvalue weighted by Gasteiger charge is -2.38. The van der Waals surface area contributed by atoms with Crippen LogP contribution in [0.2, 0.25) is 0 Å². The number of amides is 2. The second kappa shape index (κ2) is 17.5. The predicted molar refractivity (Wildman–Crippen MR) is 171 cm³/mol. The van der Waals surface area contributed by atoms with Crippen LogP contribution in [0.15, 0.2) is 0 Å². The van der Waals surface area contributed by atoms with Crippen molar-refractivity contribution in [1.29, 1.82) is 0 Å². The summed E-state index contributed by atoms with van der Waals surface area (Å²) in [6.45, 7) is 13.8. The molecule has 4 aliphatic rings. The molecule has 4 rings (SSSR count). The lowest BCUT2D eigenvalue weighted by atomic mass is 9.89. The summed E-state index contributed by atoms with van der Waals surface area (Å²) in [5.41, 5.74) is 16.6. The van der Waals surface area contributed by atoms with Gasteiger partial charge < -0.3 is 41.8 Å². The maximum Gasteiger partial charge on any atom is 0.410 e. The quantitative estimate of drug-likeness (QED) is 0.361. The zero-order valence-corrected chi connectivity index (χ0v) is 27.9. The van der Waals surface area contributed by atoms with Gasteiger partial charge in [-0.3, -0.25) is 4.79 Å². The zero-order chi connectivity index (χ0) is 32.2. The molecule has 4 atom stereocenters. The minimum absolute atomic E-state index is 0.185. The fraction of sp³-hybridized carbons (Fsp3) is 0.906. The molecule has 2 aliphatic heterocycles. The first-order chi connectivity index (χ1) is 20.0. The van der Waals surface area contributed by atoms with Gasteiger partial charge in [-0.1, -0.05) is 25.7 Å². The van der Waals surface area contributed by atoms with Crippen molar-refractivity contribution in [3.05, 3.63) is 0 Å². The predicted octanol–water partition coefficient (Wildman–Crippen LogP) is 4.05. The van der Waals surface area contributed by atoms with E-state index >= 15 is 0 Å². The Bertz CT molecular complexity index is 845. The Kier molecular flexibility index (Phi) is 15.2. The fourth-order valence-electron chi connectivity index (χ4n) is 5.68. The van der Waals surface area contributed by atoms with Crippen molar-refractivity contribution in [3.63, 3.8) is 0 Å². The number of likely N-dealkylation sites (tertiary alicyclic amines) is 2. The van der Waals surface area contributed by atoms with Gasteiger partial charge in [0.15, 0.2) is 0 Å². The number of ether oxygens (including phenoxy) is 2. The Labute approximate surface area is 260 Å². The molecule has 0 aromatic carbocycles. The Morgan fingerprint density at radius 2 is 1.05 bits per heavy atom. The summed E-state index contributed by atoms with van der Waals surface area (Å²) < 4.78 is 10.6. The Morgan fingerprint density at radius 3 is 1.44 bits per heavy atom. The third kappa shape index (κ3) is 15.1. The normalized spacial score (nSPS) is 27.2. The number of Topliss-reactive ketones (excluding diaryl/α,β-unsaturated/α-hetero) is 1. The van der Waals surface area contributed by atoms with Gasteiger partial charge in [-0.05, 0) is 80.1 Å². The van der Waals surface area contributed by atoms with Gasteiger partial charge in [0, 0.05) is 69.2 Å². The van der Waals surface area contributed by atoms with Crippen LogP contribution < -0.4 is 22.5 Å². The molecular weight excluding hydrogens is 548 g/mol. The number of hydrogen-bond donors (Lipinski definition) is 4. The van der Waals surface area contributed by atoms with Crippen molar-refractivity contribution < 1.29 is 23.9 Å². The van der Waals surface area contributed by atoms with Crippen LogP contribution in [0.3, 0.4) is 0 Å². The highest BCUT2D eigenvalue weighted by atomic mass is 16.6. The second-order valence-electron chi connectivity index (χ2n) is 14.6. The van der Waals surface area contributed by atoms with Crippen LogP contribution in [0.4, 0.5) is 9.59 Å². The number of rotatable bonds is 2. The van der Waals surface area contributed by atoms with E-state index < -0.39 is 11.2 Å². The Morgan fingerprint density at radius 1 is 0.651 bits per heavy atom. The number of nitrogens with zero attached hydrogens (tertiary/aromatic N) is 2. The first kappa shape index (κ1) is 37.2. The average molecular weight is 611 g/mol. The number of carbonyl (C=O) groups excluding carboxylic acids is 3. The van der Waals surface area contributed by atoms with Crippen molar-refractivity contribution in [1.82, 2.24) is 15.1 Å². The maximum absolute atomic E-state index is 12.0. The molecule has 2 saturated carbocycles. The Balaban J connectivity index is 0.000000251. The number of nitrogens with one attached hydrogen (secondary N) is 1. The van der Waals surface area contributed by atoms with E-state index in [0.717, 1.165) is 45.2 Å². The second-order valence-corrected chi connectivity index (χ2v) is 14.6. The molecule has 250 valence electrons. The summed E-state index contributed by atoms with van der Waals surface area (Å²) >= 11 is 0. The highest BCUT2D eigenvalue weighted by Gasteiger charge is 2.30. The fourth-order valence-corrected chi connectivity index (χ4v) is 5.68. The summed E-state index contributed by atoms with van der Waals surface area (Å²) in [6, 6.07) is 1.80. The van der Waals surface area contributed by atoms with Crippen LogP contribution in [0.1, 0.15) is 119 Å². The lowest BCUT2D eigenvalue weighted by Crippen LogP contribution is -2.54. The first-order valence-corrected chi connectivity index (χ1v) is 16.5. The van der Waals surface area contributed by atoms with Crippen LogP contribution in [0.25, 0.3) is 0 Å². The molecule has 2 heterocycles. The maximum atomic E-state index is 12.0. The monoisotopic (exact) mass is 610 g/mol. The van der Waals surface area contributed by atoms with E-state index in [1.54, 1.807) is 4.90 Å². The van der Waals surface area contributed by atoms with E-state index in [0.29, 0.717) is 44.1 Å². The van der Waals surface area contributed by atoms with Crippen molar-refractivity contribution >= 4 is 18.0 Å². The topological polar surface area (TPSA) is 166 Å². The number of ketones is 1. The van der Waals surface area contributed by atoms with Crippen LogP contribution in [-0.4, -0.2) is 95.4 Å². The molecule has 11 heteroatoms. The van der Waals surface area contributed by atoms with E-state index in [4.69, 9.17) is 26.7 Å². The van der Waals surface area contributed by atoms with Crippen molar-refractivity contribution in [2.45, 2.75) is 160 Å². The van der Waals surface area contributed by atoms with Gasteiger partial charge in [0.1, 0.15) is 17.0 Å². The first-order valence-electron chi connectivity index (χ1n) is 16.5. The molecule has 2 saturated heterocycles. The Hall–Kier alpha value is -1.95. The van der Waals surface area contributed by atoms with Gasteiger partial charge in [0.2, 0.25) is 0 Å². The van der Waals surface area contributed by atoms with Crippen LogP contribution in [0, 0.1) is 0 Å². The number of piperidine rings is 2. The van der Waals surface area contributed by atoms with E-state index in [1.165, 1.54) is 32.1 Å². The molecule has 0 bridgehead atoms. The summed E-state index contributed by atoms with van der Waals surface area (Å²) in [5.74, 6) is 0.227. The average Bonchev–Trinajstić information content (AvgIpc) is 2.91. The van der Waals surface area contributed by atoms with Crippen molar-refractivity contribution in [3.8, 4) is 0 Å². The van der Waals surface area contributed by atoms with Gasteiger partial charge in [-0.2, -0.15) is 0 Å². The molecule has 0 unspecified atom stereocenters. The number of carbonyl (C=O) groups is 3. The smallest absolute Gasteiger partial charge is 0.410 e. The molecule has 4 fully saturated rings. The third-order valence-electron chi connectivity index (χ3n) is 8.26. The van der Waals surface area contributed by atoms with Crippen LogP contribution in [0.5, 0.6) is 0 Å².